The van der Waals surface area contributed by atoms with Crippen molar-refractivity contribution in [2.24, 2.45) is 5.84 Å². The van der Waals surface area contributed by atoms with Gasteiger partial charge in [0.25, 0.3) is 0 Å². The number of aryl methyl sites for hydroxylation is 1. The summed E-state index contributed by atoms with van der Waals surface area (Å²) in [6, 6.07) is 8.64. The van der Waals surface area contributed by atoms with Crippen molar-refractivity contribution >= 4 is 0 Å². The van der Waals surface area contributed by atoms with Crippen molar-refractivity contribution in [3.05, 3.63) is 35.4 Å². The van der Waals surface area contributed by atoms with Gasteiger partial charge in [0, 0.05) is 6.04 Å². The van der Waals surface area contributed by atoms with Gasteiger partial charge in [0.2, 0.25) is 0 Å². The van der Waals surface area contributed by atoms with Crippen LogP contribution in [0.25, 0.3) is 0 Å². The van der Waals surface area contributed by atoms with Crippen LogP contribution in [-0.2, 0) is 11.2 Å². The van der Waals surface area contributed by atoms with Crippen LogP contribution < -0.4 is 11.3 Å². The molecular formula is C13H22N2O. The Balaban J connectivity index is 2.49. The molecule has 1 atom stereocenters. The van der Waals surface area contributed by atoms with Crippen LogP contribution >= 0.6 is 0 Å². The van der Waals surface area contributed by atoms with E-state index in [2.05, 4.69) is 36.6 Å². The van der Waals surface area contributed by atoms with E-state index in [1.165, 1.54) is 11.1 Å². The molecule has 0 saturated heterocycles. The fraction of sp³-hybridized carbons (Fsp3) is 0.538. The molecule has 0 aliphatic heterocycles. The molecule has 0 heterocycles. The third-order valence-electron chi connectivity index (χ3n) is 2.43. The molecule has 0 spiro atoms. The number of ether oxygens (including phenoxy) is 1. The summed E-state index contributed by atoms with van der Waals surface area (Å²) >= 11 is 0. The van der Waals surface area contributed by atoms with Crippen molar-refractivity contribution < 1.29 is 4.74 Å². The largest absolute Gasteiger partial charge is 0.377 e. The number of hydrazine groups is 1. The lowest BCUT2D eigenvalue weighted by atomic mass is 10.0. The maximum absolute atomic E-state index is 5.55. The maximum atomic E-state index is 5.55. The second-order valence-corrected chi connectivity index (χ2v) is 4.44. The molecule has 1 aromatic rings. The summed E-state index contributed by atoms with van der Waals surface area (Å²) in [6.45, 7) is 6.79. The minimum Gasteiger partial charge on any atom is -0.377 e. The minimum atomic E-state index is 0.171. The maximum Gasteiger partial charge on any atom is 0.0639 e. The van der Waals surface area contributed by atoms with Gasteiger partial charge in [0.05, 0.1) is 12.7 Å². The first kappa shape index (κ1) is 13.2. The van der Waals surface area contributed by atoms with Crippen LogP contribution in [0.5, 0.6) is 0 Å². The van der Waals surface area contributed by atoms with E-state index in [0.717, 1.165) is 6.42 Å². The second-order valence-electron chi connectivity index (χ2n) is 4.44. The van der Waals surface area contributed by atoms with E-state index in [1.54, 1.807) is 0 Å². The Morgan fingerprint density at radius 1 is 1.38 bits per heavy atom. The topological polar surface area (TPSA) is 47.3 Å². The van der Waals surface area contributed by atoms with Crippen LogP contribution in [0, 0.1) is 6.92 Å². The zero-order chi connectivity index (χ0) is 12.0. The van der Waals surface area contributed by atoms with Gasteiger partial charge in [-0.15, -0.1) is 0 Å². The van der Waals surface area contributed by atoms with Gasteiger partial charge in [0.1, 0.15) is 0 Å². The van der Waals surface area contributed by atoms with Gasteiger partial charge in [-0.25, -0.2) is 0 Å². The molecule has 0 amide bonds. The number of rotatable bonds is 6. The molecule has 0 aliphatic rings. The molecule has 1 aromatic carbocycles. The summed E-state index contributed by atoms with van der Waals surface area (Å²) in [6.07, 6.45) is 1.14. The average Bonchev–Trinajstić information content (AvgIpc) is 2.24. The standard InChI is InChI=1S/C13H22N2O/c1-10(2)16-9-13(15-14)8-12-6-4-5-11(3)7-12/h4-7,10,13,15H,8-9,14H2,1-3H3. The van der Waals surface area contributed by atoms with Gasteiger partial charge < -0.3 is 4.74 Å². The Hall–Kier alpha value is -0.900. The lowest BCUT2D eigenvalue weighted by molar-refractivity contribution is 0.0613. The molecule has 0 aliphatic carbocycles. The zero-order valence-electron chi connectivity index (χ0n) is 10.4. The highest BCUT2D eigenvalue weighted by Gasteiger charge is 2.08. The zero-order valence-corrected chi connectivity index (χ0v) is 10.4. The predicted octanol–water partition coefficient (Wildman–Crippen LogP) is 1.79. The Morgan fingerprint density at radius 3 is 2.69 bits per heavy atom. The molecule has 0 fully saturated rings. The fourth-order valence-corrected chi connectivity index (χ4v) is 1.60. The predicted molar refractivity (Wildman–Crippen MR) is 67.1 cm³/mol. The first-order valence-electron chi connectivity index (χ1n) is 5.75. The van der Waals surface area contributed by atoms with Crippen molar-refractivity contribution in [2.75, 3.05) is 6.61 Å². The van der Waals surface area contributed by atoms with E-state index >= 15 is 0 Å². The van der Waals surface area contributed by atoms with Crippen molar-refractivity contribution in [1.29, 1.82) is 0 Å². The van der Waals surface area contributed by atoms with Crippen molar-refractivity contribution in [3.63, 3.8) is 0 Å². The smallest absolute Gasteiger partial charge is 0.0639 e. The van der Waals surface area contributed by atoms with E-state index in [1.807, 2.05) is 13.8 Å². The fourth-order valence-electron chi connectivity index (χ4n) is 1.60. The third-order valence-corrected chi connectivity index (χ3v) is 2.43. The van der Waals surface area contributed by atoms with Crippen molar-refractivity contribution in [3.8, 4) is 0 Å². The van der Waals surface area contributed by atoms with Crippen LogP contribution in [0.3, 0.4) is 0 Å². The van der Waals surface area contributed by atoms with E-state index in [4.69, 9.17) is 10.6 Å². The Kier molecular flexibility index (Phi) is 5.46. The van der Waals surface area contributed by atoms with Crippen LogP contribution in [0.4, 0.5) is 0 Å². The molecule has 0 aromatic heterocycles. The van der Waals surface area contributed by atoms with Crippen molar-refractivity contribution in [1.82, 2.24) is 5.43 Å². The van der Waals surface area contributed by atoms with Gasteiger partial charge in [-0.3, -0.25) is 11.3 Å². The highest BCUT2D eigenvalue weighted by atomic mass is 16.5. The highest BCUT2D eigenvalue weighted by molar-refractivity contribution is 5.22. The summed E-state index contributed by atoms with van der Waals surface area (Å²) < 4.78 is 5.55. The Labute approximate surface area is 98.0 Å². The van der Waals surface area contributed by atoms with E-state index in [9.17, 15) is 0 Å². The molecular weight excluding hydrogens is 200 g/mol. The van der Waals surface area contributed by atoms with Gasteiger partial charge in [-0.2, -0.15) is 0 Å². The van der Waals surface area contributed by atoms with Gasteiger partial charge in [-0.05, 0) is 32.8 Å². The van der Waals surface area contributed by atoms with E-state index in [0.29, 0.717) is 6.61 Å². The van der Waals surface area contributed by atoms with Gasteiger partial charge in [-0.1, -0.05) is 29.8 Å². The number of hydrogen-bond acceptors (Lipinski definition) is 3. The highest BCUT2D eigenvalue weighted by Crippen LogP contribution is 2.07. The Bertz CT molecular complexity index is 313. The third kappa shape index (κ3) is 4.75. The van der Waals surface area contributed by atoms with Crippen LogP contribution in [-0.4, -0.2) is 18.8 Å². The summed E-state index contributed by atoms with van der Waals surface area (Å²) in [4.78, 5) is 0. The van der Waals surface area contributed by atoms with Crippen LogP contribution in [0.1, 0.15) is 25.0 Å². The summed E-state index contributed by atoms with van der Waals surface area (Å²) in [5.74, 6) is 5.51. The minimum absolute atomic E-state index is 0.171. The SMILES string of the molecule is Cc1cccc(CC(COC(C)C)NN)c1. The van der Waals surface area contributed by atoms with E-state index in [-0.39, 0.29) is 12.1 Å². The normalized spacial score (nSPS) is 13.1. The second kappa shape index (κ2) is 6.63. The number of benzene rings is 1. The first-order chi connectivity index (χ1) is 7.61. The van der Waals surface area contributed by atoms with Gasteiger partial charge in [0.15, 0.2) is 0 Å². The quantitative estimate of drug-likeness (QED) is 0.570. The van der Waals surface area contributed by atoms with Crippen LogP contribution in [0.2, 0.25) is 0 Å². The summed E-state index contributed by atoms with van der Waals surface area (Å²) in [5, 5.41) is 0. The van der Waals surface area contributed by atoms with E-state index < -0.39 is 0 Å². The molecule has 0 saturated carbocycles. The molecule has 0 bridgehead atoms. The Morgan fingerprint density at radius 2 is 2.12 bits per heavy atom. The molecule has 16 heavy (non-hydrogen) atoms. The number of nitrogens with one attached hydrogen (secondary N) is 1. The number of nitrogens with two attached hydrogens (primary N) is 1. The van der Waals surface area contributed by atoms with Crippen molar-refractivity contribution in [2.45, 2.75) is 39.3 Å². The first-order valence-corrected chi connectivity index (χ1v) is 5.75. The molecule has 3 N–H and O–H groups in total. The van der Waals surface area contributed by atoms with Gasteiger partial charge >= 0.3 is 0 Å². The van der Waals surface area contributed by atoms with Crippen LogP contribution in [0.15, 0.2) is 24.3 Å². The molecule has 90 valence electrons. The summed E-state index contributed by atoms with van der Waals surface area (Å²) in [7, 11) is 0. The molecule has 3 nitrogen and oxygen atoms in total. The molecule has 0 radical (unpaired) electrons. The lowest BCUT2D eigenvalue weighted by Gasteiger charge is -2.18. The monoisotopic (exact) mass is 222 g/mol. The lowest BCUT2D eigenvalue weighted by Crippen LogP contribution is -2.40. The summed E-state index contributed by atoms with van der Waals surface area (Å²) in [5.41, 5.74) is 5.36. The average molecular weight is 222 g/mol. The molecule has 3 heteroatoms. The molecule has 1 unspecified atom stereocenters. The number of hydrogen-bond donors (Lipinski definition) is 2. The molecule has 1 rings (SSSR count).